The van der Waals surface area contributed by atoms with E-state index >= 15 is 0 Å². The van der Waals surface area contributed by atoms with Crippen molar-refractivity contribution < 1.29 is 15.0 Å². The molecule has 0 heterocycles. The highest BCUT2D eigenvalue weighted by molar-refractivity contribution is 6.23. The molecule has 0 atom stereocenters. The van der Waals surface area contributed by atoms with Gasteiger partial charge in [-0.1, -0.05) is 13.3 Å². The SMILES string of the molecule is CCC/C([SiH3])=C(/O)C(=O)O. The molecule has 58 valence electrons. The second-order valence-corrected chi connectivity index (χ2v) is 3.39. The van der Waals surface area contributed by atoms with Crippen molar-refractivity contribution in [3.63, 3.8) is 0 Å². The summed E-state index contributed by atoms with van der Waals surface area (Å²) in [5.74, 6) is -1.66. The molecule has 0 aromatic carbocycles. The van der Waals surface area contributed by atoms with Crippen LogP contribution in [0.3, 0.4) is 0 Å². The molecule has 0 amide bonds. The average Bonchev–Trinajstić information content (AvgIpc) is 1.87. The number of aliphatic hydroxyl groups excluding tert-OH is 1. The molecule has 0 aliphatic carbocycles. The summed E-state index contributed by atoms with van der Waals surface area (Å²) in [7, 11) is 0.629. The van der Waals surface area contributed by atoms with Crippen LogP contribution in [-0.2, 0) is 4.79 Å². The minimum absolute atomic E-state index is 0.450. The van der Waals surface area contributed by atoms with Crippen molar-refractivity contribution >= 4 is 16.2 Å². The lowest BCUT2D eigenvalue weighted by Crippen LogP contribution is -2.03. The summed E-state index contributed by atoms with van der Waals surface area (Å²) in [6.45, 7) is 1.95. The molecule has 10 heavy (non-hydrogen) atoms. The Balaban J connectivity index is 4.19. The smallest absolute Gasteiger partial charge is 0.370 e. The van der Waals surface area contributed by atoms with Gasteiger partial charge in [-0.3, -0.25) is 0 Å². The first-order valence-electron chi connectivity index (χ1n) is 3.21. The molecule has 2 N–H and O–H groups in total. The number of hydrogen-bond donors (Lipinski definition) is 2. The van der Waals surface area contributed by atoms with Gasteiger partial charge >= 0.3 is 5.97 Å². The lowest BCUT2D eigenvalue weighted by Gasteiger charge is -1.98. The summed E-state index contributed by atoms with van der Waals surface area (Å²) in [5.41, 5.74) is 0. The van der Waals surface area contributed by atoms with E-state index in [9.17, 15) is 4.79 Å². The monoisotopic (exact) mass is 160 g/mol. The van der Waals surface area contributed by atoms with Gasteiger partial charge in [0.25, 0.3) is 0 Å². The number of aliphatic hydroxyl groups is 1. The van der Waals surface area contributed by atoms with E-state index in [1.807, 2.05) is 6.92 Å². The summed E-state index contributed by atoms with van der Waals surface area (Å²) >= 11 is 0. The molecule has 0 saturated heterocycles. The van der Waals surface area contributed by atoms with Crippen molar-refractivity contribution in [1.82, 2.24) is 0 Å². The molecule has 0 unspecified atom stereocenters. The van der Waals surface area contributed by atoms with E-state index in [1.165, 1.54) is 0 Å². The Hall–Kier alpha value is -0.773. The highest BCUT2D eigenvalue weighted by Gasteiger charge is 2.06. The van der Waals surface area contributed by atoms with Crippen LogP contribution in [0, 0.1) is 0 Å². The van der Waals surface area contributed by atoms with Crippen LogP contribution in [0.25, 0.3) is 0 Å². The van der Waals surface area contributed by atoms with Crippen molar-refractivity contribution in [2.45, 2.75) is 19.8 Å². The molecule has 0 spiro atoms. The second kappa shape index (κ2) is 4.11. The maximum atomic E-state index is 10.1. The largest absolute Gasteiger partial charge is 0.502 e. The molecule has 4 heteroatoms. The normalized spacial score (nSPS) is 12.9. The van der Waals surface area contributed by atoms with E-state index in [1.54, 1.807) is 0 Å². The first kappa shape index (κ1) is 9.23. The molecule has 0 aliphatic heterocycles. The van der Waals surface area contributed by atoms with Crippen LogP contribution in [0.15, 0.2) is 11.0 Å². The van der Waals surface area contributed by atoms with Gasteiger partial charge < -0.3 is 10.2 Å². The number of allylic oxidation sites excluding steroid dienone is 1. The molecule has 0 fully saturated rings. The summed E-state index contributed by atoms with van der Waals surface area (Å²) in [6.07, 6.45) is 1.58. The predicted octanol–water partition coefficient (Wildman–Crippen LogP) is 0.00610. The molecule has 0 aliphatic rings. The zero-order chi connectivity index (χ0) is 8.15. The standard InChI is InChI=1S/C6H12O3Si/c1-2-3-4(10)5(7)6(8)9/h7H,2-3H2,1,10H3,(H,8,9)/b5-4-. The zero-order valence-corrected chi connectivity index (χ0v) is 8.22. The van der Waals surface area contributed by atoms with Gasteiger partial charge in [-0.05, 0) is 11.6 Å². The first-order chi connectivity index (χ1) is 4.59. The third kappa shape index (κ3) is 2.68. The predicted molar refractivity (Wildman–Crippen MR) is 42.1 cm³/mol. The Kier molecular flexibility index (Phi) is 3.79. The van der Waals surface area contributed by atoms with Crippen LogP contribution in [0.1, 0.15) is 19.8 Å². The van der Waals surface area contributed by atoms with E-state index in [2.05, 4.69) is 0 Å². The number of hydrogen-bond acceptors (Lipinski definition) is 2. The highest BCUT2D eigenvalue weighted by atomic mass is 28.1. The Morgan fingerprint density at radius 1 is 1.50 bits per heavy atom. The van der Waals surface area contributed by atoms with E-state index in [-0.39, 0.29) is 0 Å². The van der Waals surface area contributed by atoms with Gasteiger partial charge in [0.1, 0.15) is 0 Å². The summed E-state index contributed by atoms with van der Waals surface area (Å²) in [5, 5.41) is 17.8. The molecule has 3 nitrogen and oxygen atoms in total. The molecule has 0 radical (unpaired) electrons. The van der Waals surface area contributed by atoms with Crippen LogP contribution < -0.4 is 0 Å². The van der Waals surface area contributed by atoms with Gasteiger partial charge in [-0.25, -0.2) is 4.79 Å². The van der Waals surface area contributed by atoms with Crippen LogP contribution in [0.5, 0.6) is 0 Å². The third-order valence-electron chi connectivity index (χ3n) is 1.23. The van der Waals surface area contributed by atoms with E-state index in [0.717, 1.165) is 6.42 Å². The summed E-state index contributed by atoms with van der Waals surface area (Å²) in [6, 6.07) is 0. The Morgan fingerprint density at radius 2 is 2.00 bits per heavy atom. The minimum atomic E-state index is -1.21. The summed E-state index contributed by atoms with van der Waals surface area (Å²) < 4.78 is 0. The highest BCUT2D eigenvalue weighted by Crippen LogP contribution is 2.04. The second-order valence-electron chi connectivity index (χ2n) is 2.18. The molecule has 0 aromatic rings. The number of aliphatic carboxylic acids is 1. The fraction of sp³-hybridized carbons (Fsp3) is 0.500. The molecule has 0 aromatic heterocycles. The maximum absolute atomic E-state index is 10.1. The van der Waals surface area contributed by atoms with Crippen molar-refractivity contribution in [1.29, 1.82) is 0 Å². The van der Waals surface area contributed by atoms with E-state index in [0.29, 0.717) is 21.9 Å². The molecule has 0 saturated carbocycles. The Bertz CT molecular complexity index is 162. The third-order valence-corrected chi connectivity index (χ3v) is 2.21. The van der Waals surface area contributed by atoms with Gasteiger partial charge in [0.2, 0.25) is 0 Å². The minimum Gasteiger partial charge on any atom is -0.502 e. The van der Waals surface area contributed by atoms with Gasteiger partial charge in [0.05, 0.1) is 0 Å². The Labute approximate surface area is 62.8 Å². The van der Waals surface area contributed by atoms with Crippen molar-refractivity contribution in [2.24, 2.45) is 0 Å². The summed E-state index contributed by atoms with van der Waals surface area (Å²) in [4.78, 5) is 10.1. The van der Waals surface area contributed by atoms with Crippen molar-refractivity contribution in [3.8, 4) is 0 Å². The molecular weight excluding hydrogens is 148 g/mol. The van der Waals surface area contributed by atoms with Gasteiger partial charge in [0, 0.05) is 10.2 Å². The number of carboxylic acid groups (broad SMARTS) is 1. The van der Waals surface area contributed by atoms with Gasteiger partial charge in [-0.2, -0.15) is 0 Å². The number of carbonyl (C=O) groups is 1. The van der Waals surface area contributed by atoms with Gasteiger partial charge in [0.15, 0.2) is 5.76 Å². The topological polar surface area (TPSA) is 57.5 Å². The van der Waals surface area contributed by atoms with Crippen LogP contribution >= 0.6 is 0 Å². The Morgan fingerprint density at radius 3 is 2.30 bits per heavy atom. The molecular formula is C6H12O3Si. The zero-order valence-electron chi connectivity index (χ0n) is 6.22. The fourth-order valence-corrected chi connectivity index (χ4v) is 1.39. The molecule has 0 bridgehead atoms. The number of carboxylic acids is 1. The van der Waals surface area contributed by atoms with Crippen LogP contribution in [0.4, 0.5) is 0 Å². The van der Waals surface area contributed by atoms with E-state index in [4.69, 9.17) is 10.2 Å². The maximum Gasteiger partial charge on any atom is 0.370 e. The quantitative estimate of drug-likeness (QED) is 0.347. The average molecular weight is 160 g/mol. The van der Waals surface area contributed by atoms with E-state index < -0.39 is 11.7 Å². The first-order valence-corrected chi connectivity index (χ1v) is 4.21. The fourth-order valence-electron chi connectivity index (χ4n) is 0.676. The van der Waals surface area contributed by atoms with Crippen molar-refractivity contribution in [3.05, 3.63) is 11.0 Å². The lowest BCUT2D eigenvalue weighted by atomic mass is 10.3. The van der Waals surface area contributed by atoms with Crippen LogP contribution in [-0.4, -0.2) is 26.4 Å². The van der Waals surface area contributed by atoms with Crippen molar-refractivity contribution in [2.75, 3.05) is 0 Å². The molecule has 0 rings (SSSR count). The lowest BCUT2D eigenvalue weighted by molar-refractivity contribution is -0.135. The van der Waals surface area contributed by atoms with Gasteiger partial charge in [-0.15, -0.1) is 0 Å². The number of rotatable bonds is 3. The van der Waals surface area contributed by atoms with Crippen LogP contribution in [0.2, 0.25) is 0 Å².